The summed E-state index contributed by atoms with van der Waals surface area (Å²) in [5.41, 5.74) is 0.909. The number of aromatic nitrogens is 1. The first-order chi connectivity index (χ1) is 9.81. The fraction of sp³-hybridized carbons (Fsp3) is 0.667. The molecule has 1 rings (SSSR count). The predicted octanol–water partition coefficient (Wildman–Crippen LogP) is 0.0122. The summed E-state index contributed by atoms with van der Waals surface area (Å²) < 4.78 is 29.4. The molecule has 1 aromatic rings. The Bertz CT molecular complexity index is 565. The molecular weight excluding hydrogens is 294 g/mol. The Morgan fingerprint density at radius 2 is 2.10 bits per heavy atom. The summed E-state index contributed by atoms with van der Waals surface area (Å²) in [6.07, 6.45) is 1.12. The summed E-state index contributed by atoms with van der Waals surface area (Å²) in [5, 5.41) is 10.0. The van der Waals surface area contributed by atoms with Crippen molar-refractivity contribution in [2.45, 2.75) is 26.3 Å². The minimum atomic E-state index is -3.16. The third-order valence-electron chi connectivity index (χ3n) is 2.60. The van der Waals surface area contributed by atoms with E-state index in [4.69, 9.17) is 4.52 Å². The van der Waals surface area contributed by atoms with E-state index in [9.17, 15) is 8.42 Å². The van der Waals surface area contributed by atoms with E-state index in [-0.39, 0.29) is 0 Å². The molecule has 1 heterocycles. The molecule has 0 saturated heterocycles. The van der Waals surface area contributed by atoms with E-state index in [1.165, 1.54) is 0 Å². The normalized spacial score (nSPS) is 12.7. The first-order valence-corrected chi connectivity index (χ1v) is 8.55. The van der Waals surface area contributed by atoms with Gasteiger partial charge in [-0.1, -0.05) is 19.0 Å². The van der Waals surface area contributed by atoms with Gasteiger partial charge in [0.1, 0.15) is 0 Å². The van der Waals surface area contributed by atoms with Gasteiger partial charge in [-0.2, -0.15) is 0 Å². The van der Waals surface area contributed by atoms with Crippen molar-refractivity contribution < 1.29 is 12.9 Å². The summed E-state index contributed by atoms with van der Waals surface area (Å²) >= 11 is 0. The van der Waals surface area contributed by atoms with Crippen LogP contribution >= 0.6 is 0 Å². The molecule has 0 atom stereocenters. The summed E-state index contributed by atoms with van der Waals surface area (Å²) in [5.74, 6) is 1.60. The van der Waals surface area contributed by atoms with E-state index < -0.39 is 10.0 Å². The third kappa shape index (κ3) is 7.09. The molecule has 0 spiro atoms. The van der Waals surface area contributed by atoms with E-state index in [2.05, 4.69) is 25.5 Å². The van der Waals surface area contributed by atoms with Crippen molar-refractivity contribution in [2.75, 3.05) is 26.4 Å². The fourth-order valence-electron chi connectivity index (χ4n) is 1.49. The van der Waals surface area contributed by atoms with Gasteiger partial charge in [0.2, 0.25) is 10.0 Å². The summed E-state index contributed by atoms with van der Waals surface area (Å²) in [6.45, 7) is 5.27. The van der Waals surface area contributed by atoms with Crippen molar-refractivity contribution in [3.63, 3.8) is 0 Å². The fourth-order valence-corrected chi connectivity index (χ4v) is 1.97. The van der Waals surface area contributed by atoms with Crippen LogP contribution in [0.5, 0.6) is 0 Å². The Hall–Kier alpha value is -1.61. The van der Waals surface area contributed by atoms with Crippen molar-refractivity contribution in [3.8, 4) is 0 Å². The number of sulfonamides is 1. The molecule has 0 radical (unpaired) electrons. The second kappa shape index (κ2) is 7.99. The van der Waals surface area contributed by atoms with Crippen molar-refractivity contribution in [1.82, 2.24) is 20.5 Å². The van der Waals surface area contributed by atoms with Gasteiger partial charge in [-0.25, -0.2) is 13.1 Å². The largest absolute Gasteiger partial charge is 0.359 e. The average Bonchev–Trinajstić information content (AvgIpc) is 2.85. The first kappa shape index (κ1) is 17.4. The molecule has 0 amide bonds. The quantitative estimate of drug-likeness (QED) is 0.371. The average molecular weight is 317 g/mol. The van der Waals surface area contributed by atoms with Crippen LogP contribution in [0.4, 0.5) is 0 Å². The zero-order valence-corrected chi connectivity index (χ0v) is 13.6. The Balaban J connectivity index is 2.34. The molecule has 120 valence electrons. The van der Waals surface area contributed by atoms with E-state index in [1.807, 2.05) is 19.9 Å². The van der Waals surface area contributed by atoms with Gasteiger partial charge >= 0.3 is 0 Å². The maximum absolute atomic E-state index is 10.9. The van der Waals surface area contributed by atoms with Gasteiger partial charge < -0.3 is 15.2 Å². The van der Waals surface area contributed by atoms with Crippen LogP contribution in [0.3, 0.4) is 0 Å². The SMILES string of the molecule is CN=C(NCCNS(C)(=O)=O)NCc1cc(C(C)C)no1. The highest BCUT2D eigenvalue weighted by atomic mass is 32.2. The van der Waals surface area contributed by atoms with Crippen LogP contribution < -0.4 is 15.4 Å². The summed E-state index contributed by atoms with van der Waals surface area (Å²) in [4.78, 5) is 4.03. The number of nitrogens with one attached hydrogen (secondary N) is 3. The predicted molar refractivity (Wildman–Crippen MR) is 81.6 cm³/mol. The van der Waals surface area contributed by atoms with Crippen LogP contribution in [0.1, 0.15) is 31.2 Å². The number of nitrogens with zero attached hydrogens (tertiary/aromatic N) is 2. The monoisotopic (exact) mass is 317 g/mol. The highest BCUT2D eigenvalue weighted by molar-refractivity contribution is 7.88. The first-order valence-electron chi connectivity index (χ1n) is 6.66. The van der Waals surface area contributed by atoms with Crippen LogP contribution in [0.2, 0.25) is 0 Å². The molecule has 0 aromatic carbocycles. The Kier molecular flexibility index (Phi) is 6.63. The molecule has 0 saturated carbocycles. The molecule has 0 aliphatic rings. The Labute approximate surface area is 125 Å². The van der Waals surface area contributed by atoms with Gasteiger partial charge in [0.25, 0.3) is 0 Å². The minimum Gasteiger partial charge on any atom is -0.359 e. The number of guanidine groups is 1. The van der Waals surface area contributed by atoms with Crippen molar-refractivity contribution in [1.29, 1.82) is 0 Å². The zero-order valence-electron chi connectivity index (χ0n) is 12.8. The highest BCUT2D eigenvalue weighted by Crippen LogP contribution is 2.13. The zero-order chi connectivity index (χ0) is 15.9. The smallest absolute Gasteiger partial charge is 0.208 e. The van der Waals surface area contributed by atoms with Gasteiger partial charge in [0.15, 0.2) is 11.7 Å². The van der Waals surface area contributed by atoms with Crippen molar-refractivity contribution in [2.24, 2.45) is 4.99 Å². The molecule has 0 bridgehead atoms. The van der Waals surface area contributed by atoms with E-state index in [0.717, 1.165) is 17.7 Å². The van der Waals surface area contributed by atoms with Crippen molar-refractivity contribution >= 4 is 16.0 Å². The van der Waals surface area contributed by atoms with Gasteiger partial charge in [-0.05, 0) is 5.92 Å². The molecule has 0 fully saturated rings. The van der Waals surface area contributed by atoms with Crippen molar-refractivity contribution in [3.05, 3.63) is 17.5 Å². The molecule has 0 aliphatic carbocycles. The minimum absolute atomic E-state index is 0.291. The Morgan fingerprint density at radius 3 is 2.62 bits per heavy atom. The number of rotatable bonds is 7. The third-order valence-corrected chi connectivity index (χ3v) is 3.33. The lowest BCUT2D eigenvalue weighted by Crippen LogP contribution is -2.41. The number of hydrogen-bond donors (Lipinski definition) is 3. The lowest BCUT2D eigenvalue weighted by molar-refractivity contribution is 0.372. The molecule has 21 heavy (non-hydrogen) atoms. The molecule has 0 aliphatic heterocycles. The highest BCUT2D eigenvalue weighted by Gasteiger charge is 2.08. The van der Waals surface area contributed by atoms with Gasteiger partial charge in [0, 0.05) is 26.2 Å². The van der Waals surface area contributed by atoms with Gasteiger partial charge in [-0.15, -0.1) is 0 Å². The molecule has 3 N–H and O–H groups in total. The van der Waals surface area contributed by atoms with E-state index >= 15 is 0 Å². The van der Waals surface area contributed by atoms with Crippen LogP contribution in [0.15, 0.2) is 15.6 Å². The summed E-state index contributed by atoms with van der Waals surface area (Å²) in [6, 6.07) is 1.90. The lowest BCUT2D eigenvalue weighted by atomic mass is 10.1. The standard InChI is InChI=1S/C12H23N5O3S/c1-9(2)11-7-10(20-17-11)8-15-12(13-3)14-5-6-16-21(4,18)19/h7,9,16H,5-6,8H2,1-4H3,(H2,13,14,15). The number of aliphatic imine (C=N–C) groups is 1. The second-order valence-corrected chi connectivity index (χ2v) is 6.72. The lowest BCUT2D eigenvalue weighted by Gasteiger charge is -2.10. The molecular formula is C12H23N5O3S. The number of hydrogen-bond acceptors (Lipinski definition) is 5. The maximum atomic E-state index is 10.9. The van der Waals surface area contributed by atoms with Crippen LogP contribution in [0.25, 0.3) is 0 Å². The topological polar surface area (TPSA) is 109 Å². The second-order valence-electron chi connectivity index (χ2n) is 4.89. The van der Waals surface area contributed by atoms with Gasteiger partial charge in [-0.3, -0.25) is 4.99 Å². The molecule has 8 nitrogen and oxygen atoms in total. The van der Waals surface area contributed by atoms with Crippen LogP contribution in [0, 0.1) is 0 Å². The van der Waals surface area contributed by atoms with Gasteiger partial charge in [0.05, 0.1) is 18.5 Å². The maximum Gasteiger partial charge on any atom is 0.208 e. The van der Waals surface area contributed by atoms with E-state index in [1.54, 1.807) is 7.05 Å². The van der Waals surface area contributed by atoms with E-state index in [0.29, 0.717) is 31.5 Å². The molecule has 0 unspecified atom stereocenters. The Morgan fingerprint density at radius 1 is 1.38 bits per heavy atom. The summed E-state index contributed by atoms with van der Waals surface area (Å²) in [7, 11) is -1.52. The van der Waals surface area contributed by atoms with Crippen LogP contribution in [-0.4, -0.2) is 45.9 Å². The molecule has 9 heteroatoms. The molecule has 1 aromatic heterocycles. The van der Waals surface area contributed by atoms with Crippen LogP contribution in [-0.2, 0) is 16.6 Å².